The number of hydrogen-bond donors (Lipinski definition) is 0. The molecule has 15 heavy (non-hydrogen) atoms. The topological polar surface area (TPSA) is 30.0 Å². The molecule has 1 aromatic carbocycles. The van der Waals surface area contributed by atoms with Gasteiger partial charge in [0.2, 0.25) is 5.78 Å². The molecule has 0 N–H and O–H groups in total. The lowest BCUT2D eigenvalue weighted by Crippen LogP contribution is -2.02. The summed E-state index contributed by atoms with van der Waals surface area (Å²) in [6.07, 6.45) is 0. The van der Waals surface area contributed by atoms with E-state index in [1.807, 2.05) is 0 Å². The highest BCUT2D eigenvalue weighted by Gasteiger charge is 2.14. The van der Waals surface area contributed by atoms with Gasteiger partial charge in [-0.3, -0.25) is 4.79 Å². The van der Waals surface area contributed by atoms with Crippen LogP contribution in [0.1, 0.15) is 16.1 Å². The average Bonchev–Trinajstić information content (AvgIpc) is 2.74. The van der Waals surface area contributed by atoms with Gasteiger partial charge in [0.05, 0.1) is 5.02 Å². The predicted molar refractivity (Wildman–Crippen MR) is 64.7 cm³/mol. The second-order valence-electron chi connectivity index (χ2n) is 2.84. The number of hydrogen-bond acceptors (Lipinski definition) is 3. The lowest BCUT2D eigenvalue weighted by Gasteiger charge is -2.01. The fourth-order valence-electron chi connectivity index (χ4n) is 1.14. The minimum absolute atomic E-state index is 0.150. The molecule has 0 atom stereocenters. The molecule has 1 heterocycles. The third-order valence-electron chi connectivity index (χ3n) is 1.84. The van der Waals surface area contributed by atoms with Crippen LogP contribution in [-0.4, -0.2) is 10.2 Å². The molecule has 0 aliphatic heterocycles. The van der Waals surface area contributed by atoms with E-state index in [4.69, 9.17) is 11.6 Å². The maximum atomic E-state index is 11.9. The van der Waals surface area contributed by atoms with Gasteiger partial charge in [0.25, 0.3) is 0 Å². The molecule has 0 unspecified atom stereocenters. The Bertz CT molecular complexity index is 498. The van der Waals surface area contributed by atoms with Crippen LogP contribution in [0.15, 0.2) is 34.1 Å². The largest absolute Gasteiger partial charge is 0.287 e. The van der Waals surface area contributed by atoms with E-state index in [1.54, 1.807) is 29.6 Å². The van der Waals surface area contributed by atoms with E-state index < -0.39 is 0 Å². The van der Waals surface area contributed by atoms with Gasteiger partial charge in [0.15, 0.2) is 0 Å². The summed E-state index contributed by atoms with van der Waals surface area (Å²) in [6.45, 7) is 0. The summed E-state index contributed by atoms with van der Waals surface area (Å²) in [5, 5.41) is 2.20. The molecule has 2 nitrogen and oxygen atoms in total. The number of ketones is 1. The number of halogens is 2. The van der Waals surface area contributed by atoms with E-state index in [0.29, 0.717) is 16.3 Å². The zero-order valence-electron chi connectivity index (χ0n) is 7.41. The molecule has 0 saturated carbocycles. The SMILES string of the molecule is O=C(c1ccsn1)c1cc(Br)ccc1Cl. The summed E-state index contributed by atoms with van der Waals surface area (Å²) in [6, 6.07) is 6.86. The fraction of sp³-hybridized carbons (Fsp3) is 0. The van der Waals surface area contributed by atoms with Gasteiger partial charge >= 0.3 is 0 Å². The van der Waals surface area contributed by atoms with Crippen LogP contribution in [0.3, 0.4) is 0 Å². The van der Waals surface area contributed by atoms with Gasteiger partial charge in [-0.1, -0.05) is 27.5 Å². The van der Waals surface area contributed by atoms with E-state index in [0.717, 1.165) is 4.47 Å². The molecular weight excluding hydrogens is 298 g/mol. The highest BCUT2D eigenvalue weighted by Crippen LogP contribution is 2.23. The second kappa shape index (κ2) is 4.43. The van der Waals surface area contributed by atoms with Crippen molar-refractivity contribution in [2.24, 2.45) is 0 Å². The zero-order chi connectivity index (χ0) is 10.8. The van der Waals surface area contributed by atoms with E-state index in [-0.39, 0.29) is 5.78 Å². The van der Waals surface area contributed by atoms with Crippen molar-refractivity contribution in [1.82, 2.24) is 4.37 Å². The summed E-state index contributed by atoms with van der Waals surface area (Å²) in [4.78, 5) is 11.9. The Labute approximate surface area is 104 Å². The van der Waals surface area contributed by atoms with E-state index >= 15 is 0 Å². The molecule has 0 bridgehead atoms. The van der Waals surface area contributed by atoms with Crippen molar-refractivity contribution < 1.29 is 4.79 Å². The van der Waals surface area contributed by atoms with Gasteiger partial charge in [-0.25, -0.2) is 0 Å². The lowest BCUT2D eigenvalue weighted by molar-refractivity contribution is 0.103. The number of aromatic nitrogens is 1. The van der Waals surface area contributed by atoms with Crippen LogP contribution >= 0.6 is 39.1 Å². The van der Waals surface area contributed by atoms with Crippen LogP contribution in [0, 0.1) is 0 Å². The molecule has 0 saturated heterocycles. The Kier molecular flexibility index (Phi) is 3.19. The fourth-order valence-corrected chi connectivity index (χ4v) is 2.21. The number of benzene rings is 1. The van der Waals surface area contributed by atoms with Gasteiger partial charge in [0, 0.05) is 15.4 Å². The van der Waals surface area contributed by atoms with Crippen LogP contribution in [0.2, 0.25) is 5.02 Å². The van der Waals surface area contributed by atoms with E-state index in [9.17, 15) is 4.79 Å². The normalized spacial score (nSPS) is 10.3. The summed E-state index contributed by atoms with van der Waals surface area (Å²) in [5.74, 6) is -0.150. The van der Waals surface area contributed by atoms with Crippen molar-refractivity contribution in [1.29, 1.82) is 0 Å². The molecule has 0 fully saturated rings. The van der Waals surface area contributed by atoms with Crippen molar-refractivity contribution in [3.05, 3.63) is 50.4 Å². The van der Waals surface area contributed by atoms with Gasteiger partial charge < -0.3 is 0 Å². The highest BCUT2D eigenvalue weighted by molar-refractivity contribution is 9.10. The van der Waals surface area contributed by atoms with Crippen molar-refractivity contribution >= 4 is 44.8 Å². The number of carbonyl (C=O) groups excluding carboxylic acids is 1. The molecule has 2 rings (SSSR count). The summed E-state index contributed by atoms with van der Waals surface area (Å²) in [7, 11) is 0. The molecular formula is C10H5BrClNOS. The van der Waals surface area contributed by atoms with Crippen molar-refractivity contribution in [2.75, 3.05) is 0 Å². The summed E-state index contributed by atoms with van der Waals surface area (Å²) < 4.78 is 4.81. The van der Waals surface area contributed by atoms with Gasteiger partial charge in [-0.2, -0.15) is 4.37 Å². The molecule has 0 aliphatic carbocycles. The van der Waals surface area contributed by atoms with Crippen LogP contribution in [0.25, 0.3) is 0 Å². The Morgan fingerprint density at radius 2 is 2.20 bits per heavy atom. The molecule has 0 spiro atoms. The standard InChI is InChI=1S/C10H5BrClNOS/c11-6-1-2-8(12)7(5-6)10(14)9-3-4-15-13-9/h1-5H. The Balaban J connectivity index is 2.46. The second-order valence-corrected chi connectivity index (χ2v) is 4.83. The molecule has 76 valence electrons. The van der Waals surface area contributed by atoms with Gasteiger partial charge in [0.1, 0.15) is 5.69 Å². The van der Waals surface area contributed by atoms with Crippen LogP contribution in [-0.2, 0) is 0 Å². The predicted octanol–water partition coefficient (Wildman–Crippen LogP) is 3.79. The Morgan fingerprint density at radius 1 is 1.40 bits per heavy atom. The minimum atomic E-state index is -0.150. The quantitative estimate of drug-likeness (QED) is 0.790. The van der Waals surface area contributed by atoms with E-state index in [2.05, 4.69) is 20.3 Å². The number of rotatable bonds is 2. The zero-order valence-corrected chi connectivity index (χ0v) is 10.6. The van der Waals surface area contributed by atoms with Gasteiger partial charge in [-0.05, 0) is 35.8 Å². The van der Waals surface area contributed by atoms with E-state index in [1.165, 1.54) is 11.5 Å². The number of nitrogens with zero attached hydrogens (tertiary/aromatic N) is 1. The molecule has 0 amide bonds. The first kappa shape index (κ1) is 10.8. The molecule has 0 aliphatic rings. The van der Waals surface area contributed by atoms with Crippen LogP contribution in [0.4, 0.5) is 0 Å². The maximum absolute atomic E-state index is 11.9. The van der Waals surface area contributed by atoms with Crippen LogP contribution < -0.4 is 0 Å². The third kappa shape index (κ3) is 2.27. The lowest BCUT2D eigenvalue weighted by atomic mass is 10.1. The molecule has 2 aromatic rings. The molecule has 5 heteroatoms. The maximum Gasteiger partial charge on any atom is 0.213 e. The van der Waals surface area contributed by atoms with Crippen molar-refractivity contribution in [3.8, 4) is 0 Å². The Morgan fingerprint density at radius 3 is 2.87 bits per heavy atom. The third-order valence-corrected chi connectivity index (χ3v) is 3.23. The molecule has 1 aromatic heterocycles. The Hall–Kier alpha value is -0.710. The summed E-state index contributed by atoms with van der Waals surface area (Å²) in [5.41, 5.74) is 0.900. The first-order chi connectivity index (χ1) is 7.18. The van der Waals surface area contributed by atoms with Gasteiger partial charge in [-0.15, -0.1) is 0 Å². The number of carbonyl (C=O) groups is 1. The smallest absolute Gasteiger partial charge is 0.213 e. The average molecular weight is 303 g/mol. The first-order valence-electron chi connectivity index (χ1n) is 4.08. The van der Waals surface area contributed by atoms with Crippen LogP contribution in [0.5, 0.6) is 0 Å². The van der Waals surface area contributed by atoms with Crippen molar-refractivity contribution in [3.63, 3.8) is 0 Å². The summed E-state index contributed by atoms with van der Waals surface area (Å²) >= 11 is 10.5. The highest BCUT2D eigenvalue weighted by atomic mass is 79.9. The monoisotopic (exact) mass is 301 g/mol. The van der Waals surface area contributed by atoms with Crippen molar-refractivity contribution in [2.45, 2.75) is 0 Å². The molecule has 0 radical (unpaired) electrons. The first-order valence-corrected chi connectivity index (χ1v) is 6.09. The minimum Gasteiger partial charge on any atom is -0.287 e.